The van der Waals surface area contributed by atoms with Crippen LogP contribution in [0, 0.1) is 0 Å². The third-order valence-electron chi connectivity index (χ3n) is 5.74. The number of rotatable bonds is 5. The summed E-state index contributed by atoms with van der Waals surface area (Å²) in [6, 6.07) is 19.8. The molecular weight excluding hydrogens is 346 g/mol. The Labute approximate surface area is 168 Å². The van der Waals surface area contributed by atoms with Crippen LogP contribution in [-0.4, -0.2) is 43.6 Å². The van der Waals surface area contributed by atoms with Gasteiger partial charge < -0.3 is 9.80 Å². The Bertz CT molecular complexity index is 822. The highest BCUT2D eigenvalue weighted by Gasteiger charge is 2.24. The Kier molecular flexibility index (Phi) is 5.24. The lowest BCUT2D eigenvalue weighted by Gasteiger charge is -2.37. The zero-order valence-electron chi connectivity index (χ0n) is 16.8. The van der Waals surface area contributed by atoms with Gasteiger partial charge in [-0.1, -0.05) is 31.7 Å². The second kappa shape index (κ2) is 7.97. The van der Waals surface area contributed by atoms with Crippen molar-refractivity contribution in [2.45, 2.75) is 26.3 Å². The maximum absolute atomic E-state index is 4.51. The van der Waals surface area contributed by atoms with Crippen LogP contribution in [0.4, 0.5) is 17.1 Å². The van der Waals surface area contributed by atoms with Crippen LogP contribution in [0.3, 0.4) is 0 Å². The largest absolute Gasteiger partial charge is 0.368 e. The van der Waals surface area contributed by atoms with Crippen molar-refractivity contribution < 1.29 is 0 Å². The molecule has 2 aromatic carbocycles. The van der Waals surface area contributed by atoms with Gasteiger partial charge in [-0.25, -0.2) is 5.01 Å². The van der Waals surface area contributed by atoms with E-state index in [2.05, 4.69) is 94.8 Å². The fourth-order valence-electron chi connectivity index (χ4n) is 3.79. The van der Waals surface area contributed by atoms with Crippen molar-refractivity contribution in [3.05, 3.63) is 67.0 Å². The summed E-state index contributed by atoms with van der Waals surface area (Å²) in [6.45, 7) is 12.7. The first-order valence-electron chi connectivity index (χ1n) is 10.1. The Morgan fingerprint density at radius 3 is 1.96 bits per heavy atom. The molecule has 4 rings (SSSR count). The van der Waals surface area contributed by atoms with E-state index in [0.29, 0.717) is 6.04 Å². The second-order valence-corrected chi connectivity index (χ2v) is 7.45. The Morgan fingerprint density at radius 2 is 1.39 bits per heavy atom. The lowest BCUT2D eigenvalue weighted by atomic mass is 10.2. The van der Waals surface area contributed by atoms with Crippen molar-refractivity contribution in [1.82, 2.24) is 5.01 Å². The monoisotopic (exact) mass is 375 g/mol. The minimum atomic E-state index is 0.355. The highest BCUT2D eigenvalue weighted by molar-refractivity contribution is 5.85. The standard InChI is InChI=1S/C23H29N5/c1-4-19(2)28-20(3)27(18-24-28)23-12-10-22(11-13-23)26-16-14-25(15-17-26)21-8-6-5-7-9-21/h5-13,18-19H,3-4,14-17H2,1-2H3. The molecule has 1 fully saturated rings. The van der Waals surface area contributed by atoms with Crippen LogP contribution in [0.2, 0.25) is 0 Å². The molecule has 0 aromatic heterocycles. The fourth-order valence-corrected chi connectivity index (χ4v) is 3.79. The molecule has 0 bridgehead atoms. The molecule has 0 saturated carbocycles. The van der Waals surface area contributed by atoms with E-state index in [1.807, 2.05) is 11.3 Å². The first kappa shape index (κ1) is 18.4. The maximum atomic E-state index is 4.51. The van der Waals surface area contributed by atoms with E-state index in [9.17, 15) is 0 Å². The summed E-state index contributed by atoms with van der Waals surface area (Å²) in [7, 11) is 0. The lowest BCUT2D eigenvalue weighted by molar-refractivity contribution is 0.286. The van der Waals surface area contributed by atoms with Gasteiger partial charge in [0.2, 0.25) is 0 Å². The average molecular weight is 376 g/mol. The Balaban J connectivity index is 1.38. The van der Waals surface area contributed by atoms with Crippen LogP contribution in [0.5, 0.6) is 0 Å². The summed E-state index contributed by atoms with van der Waals surface area (Å²) >= 11 is 0. The maximum Gasteiger partial charge on any atom is 0.128 e. The van der Waals surface area contributed by atoms with E-state index >= 15 is 0 Å². The zero-order valence-corrected chi connectivity index (χ0v) is 16.8. The van der Waals surface area contributed by atoms with Crippen molar-refractivity contribution >= 4 is 23.4 Å². The molecule has 1 unspecified atom stereocenters. The molecule has 5 nitrogen and oxygen atoms in total. The molecule has 0 radical (unpaired) electrons. The first-order chi connectivity index (χ1) is 13.7. The molecule has 5 heteroatoms. The topological polar surface area (TPSA) is 25.3 Å². The van der Waals surface area contributed by atoms with Gasteiger partial charge in [-0.3, -0.25) is 4.90 Å². The molecule has 28 heavy (non-hydrogen) atoms. The van der Waals surface area contributed by atoms with Gasteiger partial charge in [-0.05, 0) is 49.7 Å². The molecular formula is C23H29N5. The molecule has 1 atom stereocenters. The van der Waals surface area contributed by atoms with Gasteiger partial charge in [0.15, 0.2) is 0 Å². The number of nitrogens with zero attached hydrogens (tertiary/aromatic N) is 5. The molecule has 0 amide bonds. The van der Waals surface area contributed by atoms with Crippen molar-refractivity contribution in [2.24, 2.45) is 5.10 Å². The predicted octanol–water partition coefficient (Wildman–Crippen LogP) is 4.35. The number of hydrogen-bond donors (Lipinski definition) is 0. The SMILES string of the molecule is C=C1N(c2ccc(N3CCN(c4ccccc4)CC3)cc2)C=NN1C(C)CC. The van der Waals surface area contributed by atoms with Crippen molar-refractivity contribution in [1.29, 1.82) is 0 Å². The molecule has 2 aliphatic rings. The summed E-state index contributed by atoms with van der Waals surface area (Å²) in [5.41, 5.74) is 3.69. The zero-order chi connectivity index (χ0) is 19.5. The summed E-state index contributed by atoms with van der Waals surface area (Å²) in [5, 5.41) is 6.51. The Hall–Kier alpha value is -2.95. The van der Waals surface area contributed by atoms with Crippen LogP contribution in [0.15, 0.2) is 72.1 Å². The van der Waals surface area contributed by atoms with Gasteiger partial charge in [0.05, 0.1) is 6.04 Å². The number of benzene rings is 2. The lowest BCUT2D eigenvalue weighted by Crippen LogP contribution is -2.46. The summed E-state index contributed by atoms with van der Waals surface area (Å²) < 4.78 is 0. The third-order valence-corrected chi connectivity index (χ3v) is 5.74. The molecule has 2 heterocycles. The van der Waals surface area contributed by atoms with E-state index in [0.717, 1.165) is 44.1 Å². The number of piperazine rings is 1. The first-order valence-corrected chi connectivity index (χ1v) is 10.1. The van der Waals surface area contributed by atoms with Crippen LogP contribution in [0.25, 0.3) is 0 Å². The summed E-state index contributed by atoms with van der Waals surface area (Å²) in [4.78, 5) is 6.98. The molecule has 2 aromatic rings. The van der Waals surface area contributed by atoms with E-state index in [1.54, 1.807) is 0 Å². The smallest absolute Gasteiger partial charge is 0.128 e. The highest BCUT2D eigenvalue weighted by atomic mass is 15.6. The van der Waals surface area contributed by atoms with Gasteiger partial charge in [0, 0.05) is 43.2 Å². The predicted molar refractivity (Wildman–Crippen MR) is 119 cm³/mol. The van der Waals surface area contributed by atoms with Crippen molar-refractivity contribution in [3.63, 3.8) is 0 Å². The van der Waals surface area contributed by atoms with Gasteiger partial charge in [-0.15, -0.1) is 0 Å². The van der Waals surface area contributed by atoms with Gasteiger partial charge in [0.25, 0.3) is 0 Å². The summed E-state index contributed by atoms with van der Waals surface area (Å²) in [6.07, 6.45) is 2.90. The van der Waals surface area contributed by atoms with Gasteiger partial charge in [-0.2, -0.15) is 5.10 Å². The van der Waals surface area contributed by atoms with E-state index in [1.165, 1.54) is 11.4 Å². The highest BCUT2D eigenvalue weighted by Crippen LogP contribution is 2.28. The van der Waals surface area contributed by atoms with Crippen molar-refractivity contribution in [2.75, 3.05) is 40.9 Å². The number of para-hydroxylation sites is 1. The van der Waals surface area contributed by atoms with E-state index < -0.39 is 0 Å². The Morgan fingerprint density at radius 1 is 0.857 bits per heavy atom. The third kappa shape index (κ3) is 3.57. The molecule has 146 valence electrons. The van der Waals surface area contributed by atoms with Gasteiger partial charge in [0.1, 0.15) is 12.2 Å². The minimum Gasteiger partial charge on any atom is -0.368 e. The molecule has 0 aliphatic carbocycles. The normalized spacial score (nSPS) is 18.1. The van der Waals surface area contributed by atoms with E-state index in [4.69, 9.17) is 0 Å². The van der Waals surface area contributed by atoms with Crippen molar-refractivity contribution in [3.8, 4) is 0 Å². The number of anilines is 3. The quantitative estimate of drug-likeness (QED) is 0.776. The van der Waals surface area contributed by atoms with Crippen LogP contribution >= 0.6 is 0 Å². The summed E-state index contributed by atoms with van der Waals surface area (Å²) in [5.74, 6) is 0.915. The van der Waals surface area contributed by atoms with Crippen LogP contribution in [-0.2, 0) is 0 Å². The van der Waals surface area contributed by atoms with E-state index in [-0.39, 0.29) is 0 Å². The molecule has 1 saturated heterocycles. The molecule has 0 N–H and O–H groups in total. The molecule has 2 aliphatic heterocycles. The average Bonchev–Trinajstić information content (AvgIpc) is 3.15. The van der Waals surface area contributed by atoms with Gasteiger partial charge >= 0.3 is 0 Å². The number of hydrogen-bond acceptors (Lipinski definition) is 5. The molecule has 0 spiro atoms. The van der Waals surface area contributed by atoms with Crippen LogP contribution < -0.4 is 14.7 Å². The number of hydrazone groups is 1. The fraction of sp³-hybridized carbons (Fsp3) is 0.348. The minimum absolute atomic E-state index is 0.355. The van der Waals surface area contributed by atoms with Crippen LogP contribution in [0.1, 0.15) is 20.3 Å². The second-order valence-electron chi connectivity index (χ2n) is 7.45.